The van der Waals surface area contributed by atoms with Gasteiger partial charge in [0.1, 0.15) is 11.4 Å². The summed E-state index contributed by atoms with van der Waals surface area (Å²) in [5.74, 6) is 1.57. The number of rotatable bonds is 7. The van der Waals surface area contributed by atoms with Crippen LogP contribution in [-0.4, -0.2) is 18.7 Å². The van der Waals surface area contributed by atoms with Crippen molar-refractivity contribution in [2.75, 3.05) is 13.1 Å². The van der Waals surface area contributed by atoms with Crippen molar-refractivity contribution in [2.45, 2.75) is 52.6 Å². The van der Waals surface area contributed by atoms with E-state index in [1.807, 2.05) is 0 Å². The van der Waals surface area contributed by atoms with Gasteiger partial charge in [0.25, 0.3) is 0 Å². The fourth-order valence-corrected chi connectivity index (χ4v) is 1.88. The summed E-state index contributed by atoms with van der Waals surface area (Å²) in [4.78, 5) is 0. The van der Waals surface area contributed by atoms with E-state index in [4.69, 9.17) is 4.74 Å². The van der Waals surface area contributed by atoms with Crippen LogP contribution >= 0.6 is 0 Å². The molecule has 0 heterocycles. The van der Waals surface area contributed by atoms with Crippen molar-refractivity contribution < 1.29 is 4.74 Å². The molecule has 0 aliphatic heterocycles. The van der Waals surface area contributed by atoms with E-state index in [1.165, 1.54) is 12.0 Å². The van der Waals surface area contributed by atoms with Crippen LogP contribution in [0.1, 0.15) is 52.5 Å². The molecule has 1 atom stereocenters. The van der Waals surface area contributed by atoms with Gasteiger partial charge < -0.3 is 10.1 Å². The molecule has 2 nitrogen and oxygen atoms in total. The molecule has 1 unspecified atom stereocenters. The number of hydrogen-bond donors (Lipinski definition) is 1. The van der Waals surface area contributed by atoms with Crippen LogP contribution < -0.4 is 10.1 Å². The number of ether oxygens (including phenoxy) is 1. The Morgan fingerprint density at radius 1 is 1.17 bits per heavy atom. The minimum Gasteiger partial charge on any atom is -0.487 e. The van der Waals surface area contributed by atoms with Gasteiger partial charge in [-0.15, -0.1) is 0 Å². The number of likely N-dealkylation sites (N-methyl/N-ethyl adjacent to an activating group) is 1. The molecule has 0 aliphatic rings. The van der Waals surface area contributed by atoms with Crippen molar-refractivity contribution in [3.8, 4) is 5.75 Å². The molecule has 18 heavy (non-hydrogen) atoms. The third-order valence-electron chi connectivity index (χ3n) is 3.26. The molecular formula is C16H27NO. The lowest BCUT2D eigenvalue weighted by atomic mass is 9.99. The average Bonchev–Trinajstić information content (AvgIpc) is 2.36. The fourth-order valence-electron chi connectivity index (χ4n) is 1.88. The molecular weight excluding hydrogens is 222 g/mol. The lowest BCUT2D eigenvalue weighted by Gasteiger charge is -2.27. The van der Waals surface area contributed by atoms with Crippen LogP contribution in [0.2, 0.25) is 0 Å². The summed E-state index contributed by atoms with van der Waals surface area (Å²) in [6.07, 6.45) is 1.17. The first-order chi connectivity index (χ1) is 8.48. The van der Waals surface area contributed by atoms with Gasteiger partial charge in [0, 0.05) is 6.54 Å². The summed E-state index contributed by atoms with van der Waals surface area (Å²) >= 11 is 0. The Kier molecular flexibility index (Phi) is 5.67. The predicted octanol–water partition coefficient (Wildman–Crippen LogP) is 3.97. The Morgan fingerprint density at radius 3 is 2.28 bits per heavy atom. The van der Waals surface area contributed by atoms with E-state index < -0.39 is 0 Å². The topological polar surface area (TPSA) is 21.3 Å². The fraction of sp³-hybridized carbons (Fsp3) is 0.625. The number of nitrogens with one attached hydrogen (secondary N) is 1. The Labute approximate surface area is 112 Å². The molecule has 0 aromatic heterocycles. The van der Waals surface area contributed by atoms with Gasteiger partial charge in [0.05, 0.1) is 0 Å². The van der Waals surface area contributed by atoms with Crippen molar-refractivity contribution in [3.63, 3.8) is 0 Å². The molecule has 1 N–H and O–H groups in total. The molecule has 0 aliphatic carbocycles. The summed E-state index contributed by atoms with van der Waals surface area (Å²) in [6, 6.07) is 8.50. The second-order valence-electron chi connectivity index (χ2n) is 5.52. The summed E-state index contributed by atoms with van der Waals surface area (Å²) in [5, 5.41) is 3.32. The van der Waals surface area contributed by atoms with E-state index in [1.54, 1.807) is 0 Å². The van der Waals surface area contributed by atoms with Gasteiger partial charge in [-0.3, -0.25) is 0 Å². The lowest BCUT2D eigenvalue weighted by Crippen LogP contribution is -2.40. The smallest absolute Gasteiger partial charge is 0.120 e. The standard InChI is InChI=1S/C16H27NO/c1-6-13(3)14-8-10-15(11-9-14)18-16(4,5)12-17-7-2/h8-11,13,17H,6-7,12H2,1-5H3. The average molecular weight is 249 g/mol. The zero-order valence-corrected chi connectivity index (χ0v) is 12.4. The quantitative estimate of drug-likeness (QED) is 0.789. The number of benzene rings is 1. The third kappa shape index (κ3) is 4.69. The highest BCUT2D eigenvalue weighted by Crippen LogP contribution is 2.23. The minimum atomic E-state index is -0.173. The second kappa shape index (κ2) is 6.79. The van der Waals surface area contributed by atoms with Crippen molar-refractivity contribution in [1.29, 1.82) is 0 Å². The Balaban J connectivity index is 2.63. The summed E-state index contributed by atoms with van der Waals surface area (Å²) in [5.41, 5.74) is 1.21. The summed E-state index contributed by atoms with van der Waals surface area (Å²) in [7, 11) is 0. The monoisotopic (exact) mass is 249 g/mol. The highest BCUT2D eigenvalue weighted by atomic mass is 16.5. The molecule has 2 heteroatoms. The van der Waals surface area contributed by atoms with E-state index in [-0.39, 0.29) is 5.60 Å². The molecule has 1 rings (SSSR count). The molecule has 1 aromatic rings. The first-order valence-electron chi connectivity index (χ1n) is 6.98. The second-order valence-corrected chi connectivity index (χ2v) is 5.52. The molecule has 102 valence electrons. The van der Waals surface area contributed by atoms with Gasteiger partial charge in [-0.25, -0.2) is 0 Å². The molecule has 0 saturated heterocycles. The van der Waals surface area contributed by atoms with Crippen molar-refractivity contribution in [2.24, 2.45) is 0 Å². The molecule has 0 radical (unpaired) electrons. The zero-order chi connectivity index (χ0) is 13.6. The minimum absolute atomic E-state index is 0.173. The summed E-state index contributed by atoms with van der Waals surface area (Å²) in [6.45, 7) is 12.6. The maximum Gasteiger partial charge on any atom is 0.120 e. The van der Waals surface area contributed by atoms with Crippen LogP contribution in [0.3, 0.4) is 0 Å². The lowest BCUT2D eigenvalue weighted by molar-refractivity contribution is 0.109. The van der Waals surface area contributed by atoms with Crippen LogP contribution in [0.15, 0.2) is 24.3 Å². The molecule has 1 aromatic carbocycles. The van der Waals surface area contributed by atoms with Gasteiger partial charge in [-0.2, -0.15) is 0 Å². The zero-order valence-electron chi connectivity index (χ0n) is 12.4. The van der Waals surface area contributed by atoms with Crippen LogP contribution in [0.25, 0.3) is 0 Å². The van der Waals surface area contributed by atoms with Gasteiger partial charge in [0.2, 0.25) is 0 Å². The highest BCUT2D eigenvalue weighted by molar-refractivity contribution is 5.29. The largest absolute Gasteiger partial charge is 0.487 e. The van der Waals surface area contributed by atoms with Gasteiger partial charge in [-0.1, -0.05) is 32.9 Å². The van der Waals surface area contributed by atoms with Gasteiger partial charge in [-0.05, 0) is 50.4 Å². The third-order valence-corrected chi connectivity index (χ3v) is 3.26. The normalized spacial score (nSPS) is 13.4. The Bertz CT molecular complexity index is 343. The molecule has 0 spiro atoms. The summed E-state index contributed by atoms with van der Waals surface area (Å²) < 4.78 is 6.01. The van der Waals surface area contributed by atoms with Crippen LogP contribution in [-0.2, 0) is 0 Å². The van der Waals surface area contributed by atoms with E-state index in [0.717, 1.165) is 18.8 Å². The Morgan fingerprint density at radius 2 is 1.78 bits per heavy atom. The van der Waals surface area contributed by atoms with Crippen LogP contribution in [0.5, 0.6) is 5.75 Å². The molecule has 0 saturated carbocycles. The van der Waals surface area contributed by atoms with Crippen molar-refractivity contribution >= 4 is 0 Å². The van der Waals surface area contributed by atoms with Crippen LogP contribution in [0.4, 0.5) is 0 Å². The number of hydrogen-bond acceptors (Lipinski definition) is 2. The van der Waals surface area contributed by atoms with Crippen molar-refractivity contribution in [1.82, 2.24) is 5.32 Å². The SMILES string of the molecule is CCNCC(C)(C)Oc1ccc(C(C)CC)cc1. The van der Waals surface area contributed by atoms with Gasteiger partial charge in [0.15, 0.2) is 0 Å². The van der Waals surface area contributed by atoms with Gasteiger partial charge >= 0.3 is 0 Å². The molecule has 0 bridgehead atoms. The molecule has 0 fully saturated rings. The maximum absolute atomic E-state index is 6.01. The van der Waals surface area contributed by atoms with E-state index in [9.17, 15) is 0 Å². The first kappa shape index (κ1) is 15.0. The Hall–Kier alpha value is -1.02. The molecule has 0 amide bonds. The highest BCUT2D eigenvalue weighted by Gasteiger charge is 2.18. The van der Waals surface area contributed by atoms with E-state index in [0.29, 0.717) is 5.92 Å². The van der Waals surface area contributed by atoms with Crippen molar-refractivity contribution in [3.05, 3.63) is 29.8 Å². The first-order valence-corrected chi connectivity index (χ1v) is 6.98. The maximum atomic E-state index is 6.01. The van der Waals surface area contributed by atoms with E-state index >= 15 is 0 Å². The predicted molar refractivity (Wildman–Crippen MR) is 78.4 cm³/mol. The van der Waals surface area contributed by atoms with Crippen LogP contribution in [0, 0.1) is 0 Å². The van der Waals surface area contributed by atoms with E-state index in [2.05, 4.69) is 64.2 Å².